The second-order valence-corrected chi connectivity index (χ2v) is 11.7. The van der Waals surface area contributed by atoms with Crippen molar-refractivity contribution in [1.29, 1.82) is 0 Å². The third kappa shape index (κ3) is 5.82. The summed E-state index contributed by atoms with van der Waals surface area (Å²) >= 11 is 0. The quantitative estimate of drug-likeness (QED) is 0.163. The minimum absolute atomic E-state index is 0.0130. The van der Waals surface area contributed by atoms with Crippen LogP contribution in [0.25, 0.3) is 6.08 Å². The number of carbonyl (C=O) groups is 1. The predicted octanol–water partition coefficient (Wildman–Crippen LogP) is 9.15. The van der Waals surface area contributed by atoms with Crippen LogP contribution in [0.5, 0.6) is 5.75 Å². The third-order valence-electron chi connectivity index (χ3n) is 8.62. The summed E-state index contributed by atoms with van der Waals surface area (Å²) in [7, 11) is 1.68. The molecule has 5 aromatic carbocycles. The lowest BCUT2D eigenvalue weighted by Gasteiger charge is -2.31. The van der Waals surface area contributed by atoms with Crippen molar-refractivity contribution in [2.45, 2.75) is 31.4 Å². The van der Waals surface area contributed by atoms with Crippen LogP contribution < -0.4 is 9.80 Å². The molecule has 0 saturated carbocycles. The Morgan fingerprint density at radius 2 is 1.34 bits per heavy atom. The van der Waals surface area contributed by atoms with Gasteiger partial charge in [0.2, 0.25) is 0 Å². The molecule has 220 valence electrons. The fourth-order valence-electron chi connectivity index (χ4n) is 6.13. The number of para-hydroxylation sites is 1. The second-order valence-electron chi connectivity index (χ2n) is 11.7. The number of methoxy groups -OCH3 is 1. The van der Waals surface area contributed by atoms with Crippen LogP contribution in [0.15, 0.2) is 146 Å². The minimum atomic E-state index is -0.554. The molecule has 0 N–H and O–H groups in total. The first kappa shape index (κ1) is 29.2. The highest BCUT2D eigenvalue weighted by molar-refractivity contribution is 5.97. The molecule has 44 heavy (non-hydrogen) atoms. The normalized spacial score (nSPS) is 18.4. The summed E-state index contributed by atoms with van der Waals surface area (Å²) < 4.78 is 6.00. The summed E-state index contributed by atoms with van der Waals surface area (Å²) in [6.07, 6.45) is 3.08. The van der Waals surface area contributed by atoms with Crippen LogP contribution in [-0.4, -0.2) is 12.9 Å². The molecule has 5 aromatic rings. The Kier molecular flexibility index (Phi) is 8.44. The van der Waals surface area contributed by atoms with E-state index in [0.29, 0.717) is 5.75 Å². The average Bonchev–Trinajstić information content (AvgIpc) is 3.49. The van der Waals surface area contributed by atoms with Crippen LogP contribution in [0, 0.1) is 5.92 Å². The number of ketones is 1. The van der Waals surface area contributed by atoms with Crippen molar-refractivity contribution < 1.29 is 14.4 Å². The van der Waals surface area contributed by atoms with E-state index in [1.807, 2.05) is 114 Å². The van der Waals surface area contributed by atoms with Gasteiger partial charge >= 0.3 is 0 Å². The van der Waals surface area contributed by atoms with Gasteiger partial charge in [0.05, 0.1) is 24.8 Å². The summed E-state index contributed by atoms with van der Waals surface area (Å²) in [5.41, 5.74) is 5.74. The molecule has 0 amide bonds. The largest absolute Gasteiger partial charge is 0.496 e. The molecule has 4 nitrogen and oxygen atoms in total. The van der Waals surface area contributed by atoms with E-state index in [1.54, 1.807) is 13.2 Å². The Bertz CT molecular complexity index is 1720. The van der Waals surface area contributed by atoms with Gasteiger partial charge in [0, 0.05) is 11.0 Å². The smallest absolute Gasteiger partial charge is 0.164 e. The fourth-order valence-corrected chi connectivity index (χ4v) is 6.13. The highest BCUT2D eigenvalue weighted by atomic mass is 16.7. The number of benzene rings is 5. The standard InChI is InChI=1S/C40H37NO3/c1-40(2,31-20-12-6-13-21-31)32-25-27-36(43-3)34(28-32)38-37(35(42)26-24-29-16-8-4-9-17-29)39(30-18-10-5-11-19-30)44-41(38)33-22-14-7-15-23-33/h4-28,37-39H,1-3H3/b26-24+/t37-,38-,39+/m1/s1. The maximum atomic E-state index is 14.4. The van der Waals surface area contributed by atoms with Gasteiger partial charge in [-0.15, -0.1) is 0 Å². The lowest BCUT2D eigenvalue weighted by molar-refractivity contribution is -0.120. The van der Waals surface area contributed by atoms with E-state index in [-0.39, 0.29) is 11.2 Å². The molecule has 0 aliphatic carbocycles. The number of rotatable bonds is 9. The van der Waals surface area contributed by atoms with E-state index in [4.69, 9.17) is 9.57 Å². The number of anilines is 1. The van der Waals surface area contributed by atoms with Crippen LogP contribution in [0.2, 0.25) is 0 Å². The molecule has 0 unspecified atom stereocenters. The minimum Gasteiger partial charge on any atom is -0.496 e. The Labute approximate surface area is 260 Å². The molecule has 0 radical (unpaired) electrons. The molecule has 6 rings (SSSR count). The molecule has 0 bridgehead atoms. The Hall–Kier alpha value is -4.93. The van der Waals surface area contributed by atoms with E-state index in [1.165, 1.54) is 5.56 Å². The fraction of sp³-hybridized carbons (Fsp3) is 0.175. The first-order valence-corrected chi connectivity index (χ1v) is 15.0. The van der Waals surface area contributed by atoms with E-state index in [0.717, 1.165) is 27.9 Å². The van der Waals surface area contributed by atoms with Crippen molar-refractivity contribution in [2.24, 2.45) is 5.92 Å². The van der Waals surface area contributed by atoms with Crippen LogP contribution in [0.3, 0.4) is 0 Å². The van der Waals surface area contributed by atoms with Gasteiger partial charge in [0.1, 0.15) is 11.9 Å². The molecule has 1 fully saturated rings. The maximum Gasteiger partial charge on any atom is 0.164 e. The molecule has 4 heteroatoms. The molecular weight excluding hydrogens is 542 g/mol. The van der Waals surface area contributed by atoms with Crippen molar-refractivity contribution in [3.63, 3.8) is 0 Å². The van der Waals surface area contributed by atoms with Gasteiger partial charge in [-0.25, -0.2) is 5.06 Å². The van der Waals surface area contributed by atoms with Gasteiger partial charge in [-0.05, 0) is 52.6 Å². The van der Waals surface area contributed by atoms with E-state index in [9.17, 15) is 4.79 Å². The highest BCUT2D eigenvalue weighted by Gasteiger charge is 2.49. The van der Waals surface area contributed by atoms with Gasteiger partial charge in [-0.2, -0.15) is 0 Å². The number of nitrogens with zero attached hydrogens (tertiary/aromatic N) is 1. The lowest BCUT2D eigenvalue weighted by atomic mass is 9.76. The molecule has 3 atom stereocenters. The van der Waals surface area contributed by atoms with Crippen LogP contribution in [0.1, 0.15) is 53.8 Å². The first-order chi connectivity index (χ1) is 21.5. The Morgan fingerprint density at radius 1 is 0.750 bits per heavy atom. The molecular formula is C40H37NO3. The summed E-state index contributed by atoms with van der Waals surface area (Å²) in [5, 5.41) is 1.91. The zero-order valence-corrected chi connectivity index (χ0v) is 25.3. The highest BCUT2D eigenvalue weighted by Crippen LogP contribution is 2.52. The third-order valence-corrected chi connectivity index (χ3v) is 8.62. The number of hydrogen-bond acceptors (Lipinski definition) is 4. The Balaban J connectivity index is 1.53. The average molecular weight is 580 g/mol. The molecule has 1 aliphatic heterocycles. The van der Waals surface area contributed by atoms with Crippen molar-refractivity contribution in [3.8, 4) is 5.75 Å². The number of hydroxylamine groups is 1. The van der Waals surface area contributed by atoms with E-state index in [2.05, 4.69) is 50.2 Å². The summed E-state index contributed by atoms with van der Waals surface area (Å²) in [4.78, 5) is 21.3. The predicted molar refractivity (Wildman–Crippen MR) is 177 cm³/mol. The second kappa shape index (κ2) is 12.7. The van der Waals surface area contributed by atoms with Gasteiger partial charge in [0.15, 0.2) is 5.78 Å². The zero-order chi connectivity index (χ0) is 30.5. The molecule has 1 saturated heterocycles. The van der Waals surface area contributed by atoms with Crippen molar-refractivity contribution in [2.75, 3.05) is 12.2 Å². The lowest BCUT2D eigenvalue weighted by Crippen LogP contribution is -2.29. The summed E-state index contributed by atoms with van der Waals surface area (Å²) in [6, 6.07) is 46.3. The molecule has 0 aromatic heterocycles. The number of allylic oxidation sites excluding steroid dienone is 1. The van der Waals surface area contributed by atoms with Gasteiger partial charge in [0.25, 0.3) is 0 Å². The maximum absolute atomic E-state index is 14.4. The summed E-state index contributed by atoms with van der Waals surface area (Å²) in [6.45, 7) is 4.46. The van der Waals surface area contributed by atoms with Crippen LogP contribution in [-0.2, 0) is 15.0 Å². The van der Waals surface area contributed by atoms with E-state index >= 15 is 0 Å². The Morgan fingerprint density at radius 3 is 1.98 bits per heavy atom. The molecule has 0 spiro atoms. The SMILES string of the molecule is COc1ccc(C(C)(C)c2ccccc2)cc1[C@@H]1[C@@H](C(=O)/C=C/c2ccccc2)[C@H](c2ccccc2)ON1c1ccccc1. The zero-order valence-electron chi connectivity index (χ0n) is 25.3. The monoisotopic (exact) mass is 579 g/mol. The summed E-state index contributed by atoms with van der Waals surface area (Å²) in [5.74, 6) is 0.146. The van der Waals surface area contributed by atoms with Crippen molar-refractivity contribution in [3.05, 3.63) is 173 Å². The van der Waals surface area contributed by atoms with Crippen molar-refractivity contribution in [1.82, 2.24) is 0 Å². The number of hydrogen-bond donors (Lipinski definition) is 0. The first-order valence-electron chi connectivity index (χ1n) is 15.0. The van der Waals surface area contributed by atoms with Gasteiger partial charge in [-0.3, -0.25) is 9.63 Å². The van der Waals surface area contributed by atoms with Crippen molar-refractivity contribution >= 4 is 17.5 Å². The molecule has 1 aliphatic rings. The van der Waals surface area contributed by atoms with Gasteiger partial charge in [-0.1, -0.05) is 135 Å². The topological polar surface area (TPSA) is 38.8 Å². The number of ether oxygens (including phenoxy) is 1. The molecule has 1 heterocycles. The van der Waals surface area contributed by atoms with Crippen LogP contribution in [0.4, 0.5) is 5.69 Å². The van der Waals surface area contributed by atoms with E-state index < -0.39 is 18.1 Å². The van der Waals surface area contributed by atoms with Crippen LogP contribution >= 0.6 is 0 Å². The number of carbonyl (C=O) groups excluding carboxylic acids is 1. The van der Waals surface area contributed by atoms with Gasteiger partial charge < -0.3 is 4.74 Å².